The minimum absolute atomic E-state index is 0.0563. The first-order chi connectivity index (χ1) is 6.74. The van der Waals surface area contributed by atoms with Crippen molar-refractivity contribution in [1.29, 1.82) is 0 Å². The molecule has 0 aliphatic carbocycles. The van der Waals surface area contributed by atoms with E-state index in [-0.39, 0.29) is 18.4 Å². The van der Waals surface area contributed by atoms with Gasteiger partial charge in [0, 0.05) is 26.1 Å². The summed E-state index contributed by atoms with van der Waals surface area (Å²) in [5.41, 5.74) is 0. The molecule has 0 unspecified atom stereocenters. The monoisotopic (exact) mass is 199 g/mol. The molecule has 1 heterocycles. The molecule has 0 bridgehead atoms. The topological polar surface area (TPSA) is 61.4 Å². The lowest BCUT2D eigenvalue weighted by Crippen LogP contribution is -2.50. The van der Waals surface area contributed by atoms with E-state index in [2.05, 4.69) is 10.6 Å². The van der Waals surface area contributed by atoms with E-state index in [1.54, 1.807) is 4.90 Å². The zero-order valence-electron chi connectivity index (χ0n) is 8.51. The number of nitrogens with zero attached hydrogens (tertiary/aromatic N) is 1. The first-order valence-electron chi connectivity index (χ1n) is 4.99. The molecule has 80 valence electrons. The fraction of sp³-hybridized carbons (Fsp3) is 0.778. The van der Waals surface area contributed by atoms with Crippen molar-refractivity contribution < 1.29 is 9.59 Å². The second-order valence-electron chi connectivity index (χ2n) is 3.27. The molecule has 0 aromatic rings. The number of nitrogens with one attached hydrogen (secondary N) is 2. The van der Waals surface area contributed by atoms with E-state index in [4.69, 9.17) is 0 Å². The maximum absolute atomic E-state index is 11.5. The lowest BCUT2D eigenvalue weighted by Gasteiger charge is -2.26. The van der Waals surface area contributed by atoms with Crippen molar-refractivity contribution in [1.82, 2.24) is 15.5 Å². The third-order valence-corrected chi connectivity index (χ3v) is 2.16. The minimum atomic E-state index is -0.0620. The number of hydrogen-bond donors (Lipinski definition) is 2. The SMILES string of the molecule is CCNCCC(=O)N1CCNC(=O)C1. The Hall–Kier alpha value is -1.10. The predicted molar refractivity (Wildman–Crippen MR) is 52.8 cm³/mol. The Bertz CT molecular complexity index is 218. The van der Waals surface area contributed by atoms with Crippen molar-refractivity contribution in [2.75, 3.05) is 32.7 Å². The van der Waals surface area contributed by atoms with Gasteiger partial charge in [0.15, 0.2) is 0 Å². The summed E-state index contributed by atoms with van der Waals surface area (Å²) < 4.78 is 0. The summed E-state index contributed by atoms with van der Waals surface area (Å²) in [6.45, 7) is 4.98. The maximum atomic E-state index is 11.5. The molecule has 2 amide bonds. The first-order valence-corrected chi connectivity index (χ1v) is 4.99. The zero-order valence-corrected chi connectivity index (χ0v) is 8.51. The Labute approximate surface area is 83.8 Å². The summed E-state index contributed by atoms with van der Waals surface area (Å²) in [5, 5.41) is 5.77. The highest BCUT2D eigenvalue weighted by atomic mass is 16.2. The fourth-order valence-corrected chi connectivity index (χ4v) is 1.38. The Morgan fingerprint density at radius 2 is 2.43 bits per heavy atom. The van der Waals surface area contributed by atoms with Crippen LogP contribution in [0.1, 0.15) is 13.3 Å². The smallest absolute Gasteiger partial charge is 0.239 e. The van der Waals surface area contributed by atoms with Crippen LogP contribution in [0.4, 0.5) is 0 Å². The number of hydrogen-bond acceptors (Lipinski definition) is 3. The maximum Gasteiger partial charge on any atom is 0.239 e. The van der Waals surface area contributed by atoms with Crippen LogP contribution in [0.2, 0.25) is 0 Å². The second-order valence-corrected chi connectivity index (χ2v) is 3.27. The summed E-state index contributed by atoms with van der Waals surface area (Å²) in [4.78, 5) is 24.1. The largest absolute Gasteiger partial charge is 0.353 e. The van der Waals surface area contributed by atoms with Crippen LogP contribution in [-0.4, -0.2) is 49.4 Å². The Balaban J connectivity index is 2.25. The summed E-state index contributed by atoms with van der Waals surface area (Å²) in [6, 6.07) is 0. The van der Waals surface area contributed by atoms with Crippen LogP contribution in [0.25, 0.3) is 0 Å². The molecule has 1 rings (SSSR count). The molecule has 1 aliphatic rings. The van der Waals surface area contributed by atoms with Gasteiger partial charge >= 0.3 is 0 Å². The summed E-state index contributed by atoms with van der Waals surface area (Å²) in [6.07, 6.45) is 0.473. The quantitative estimate of drug-likeness (QED) is 0.568. The van der Waals surface area contributed by atoms with Crippen LogP contribution < -0.4 is 10.6 Å². The lowest BCUT2D eigenvalue weighted by molar-refractivity contribution is -0.138. The second kappa shape index (κ2) is 5.59. The van der Waals surface area contributed by atoms with Gasteiger partial charge in [0.1, 0.15) is 0 Å². The van der Waals surface area contributed by atoms with Gasteiger partial charge in [-0.1, -0.05) is 6.92 Å². The van der Waals surface area contributed by atoms with E-state index >= 15 is 0 Å². The van der Waals surface area contributed by atoms with Crippen molar-refractivity contribution in [2.24, 2.45) is 0 Å². The predicted octanol–water partition coefficient (Wildman–Crippen LogP) is -1.06. The summed E-state index contributed by atoms with van der Waals surface area (Å²) in [7, 11) is 0. The van der Waals surface area contributed by atoms with Crippen LogP contribution in [0.5, 0.6) is 0 Å². The van der Waals surface area contributed by atoms with Crippen LogP contribution in [0.3, 0.4) is 0 Å². The molecular formula is C9H17N3O2. The van der Waals surface area contributed by atoms with Gasteiger partial charge in [-0.05, 0) is 6.54 Å². The molecule has 14 heavy (non-hydrogen) atoms. The molecule has 1 saturated heterocycles. The van der Waals surface area contributed by atoms with Crippen molar-refractivity contribution >= 4 is 11.8 Å². The number of amides is 2. The molecule has 0 atom stereocenters. The number of carbonyl (C=O) groups is 2. The first kappa shape index (κ1) is 11.0. The third-order valence-electron chi connectivity index (χ3n) is 2.16. The highest BCUT2D eigenvalue weighted by Gasteiger charge is 2.19. The van der Waals surface area contributed by atoms with Crippen LogP contribution in [-0.2, 0) is 9.59 Å². The molecule has 5 heteroatoms. The van der Waals surface area contributed by atoms with Crippen LogP contribution in [0, 0.1) is 0 Å². The molecule has 1 aliphatic heterocycles. The molecule has 0 radical (unpaired) electrons. The average molecular weight is 199 g/mol. The highest BCUT2D eigenvalue weighted by molar-refractivity contribution is 5.85. The number of rotatable bonds is 4. The van der Waals surface area contributed by atoms with Crippen LogP contribution >= 0.6 is 0 Å². The zero-order chi connectivity index (χ0) is 10.4. The van der Waals surface area contributed by atoms with E-state index in [0.29, 0.717) is 26.1 Å². The van der Waals surface area contributed by atoms with Gasteiger partial charge in [-0.15, -0.1) is 0 Å². The van der Waals surface area contributed by atoms with Crippen molar-refractivity contribution in [2.45, 2.75) is 13.3 Å². The Morgan fingerprint density at radius 3 is 3.07 bits per heavy atom. The van der Waals surface area contributed by atoms with E-state index in [9.17, 15) is 9.59 Å². The van der Waals surface area contributed by atoms with Crippen molar-refractivity contribution in [3.05, 3.63) is 0 Å². The Kier molecular flexibility index (Phi) is 4.39. The molecule has 0 aromatic heterocycles. The van der Waals surface area contributed by atoms with Crippen molar-refractivity contribution in [3.63, 3.8) is 0 Å². The molecular weight excluding hydrogens is 182 g/mol. The molecule has 1 fully saturated rings. The number of carbonyl (C=O) groups excluding carboxylic acids is 2. The molecule has 0 aromatic carbocycles. The van der Waals surface area contributed by atoms with E-state index in [1.807, 2.05) is 6.92 Å². The normalized spacial score (nSPS) is 16.6. The van der Waals surface area contributed by atoms with Gasteiger partial charge in [0.05, 0.1) is 6.54 Å². The standard InChI is InChI=1S/C9H17N3O2/c1-2-10-4-3-9(14)12-6-5-11-8(13)7-12/h10H,2-7H2,1H3,(H,11,13). The fourth-order valence-electron chi connectivity index (χ4n) is 1.38. The van der Waals surface area contributed by atoms with Gasteiger partial charge in [-0.25, -0.2) is 0 Å². The van der Waals surface area contributed by atoms with Gasteiger partial charge < -0.3 is 15.5 Å². The third kappa shape index (κ3) is 3.33. The highest BCUT2D eigenvalue weighted by Crippen LogP contribution is 1.96. The van der Waals surface area contributed by atoms with Gasteiger partial charge in [-0.2, -0.15) is 0 Å². The summed E-state index contributed by atoms with van der Waals surface area (Å²) >= 11 is 0. The molecule has 0 spiro atoms. The lowest BCUT2D eigenvalue weighted by atomic mass is 10.3. The van der Waals surface area contributed by atoms with E-state index in [0.717, 1.165) is 6.54 Å². The van der Waals surface area contributed by atoms with Crippen molar-refractivity contribution in [3.8, 4) is 0 Å². The van der Waals surface area contributed by atoms with Gasteiger partial charge in [0.25, 0.3) is 0 Å². The van der Waals surface area contributed by atoms with Crippen LogP contribution in [0.15, 0.2) is 0 Å². The van der Waals surface area contributed by atoms with E-state index in [1.165, 1.54) is 0 Å². The minimum Gasteiger partial charge on any atom is -0.353 e. The summed E-state index contributed by atoms with van der Waals surface area (Å²) in [5.74, 6) is -0.00569. The van der Waals surface area contributed by atoms with Gasteiger partial charge in [-0.3, -0.25) is 9.59 Å². The Morgan fingerprint density at radius 1 is 1.64 bits per heavy atom. The molecule has 0 saturated carbocycles. The average Bonchev–Trinajstić information content (AvgIpc) is 2.18. The molecule has 2 N–H and O–H groups in total. The number of piperazine rings is 1. The molecule has 5 nitrogen and oxygen atoms in total. The van der Waals surface area contributed by atoms with E-state index < -0.39 is 0 Å². The van der Waals surface area contributed by atoms with Gasteiger partial charge in [0.2, 0.25) is 11.8 Å².